The zero-order chi connectivity index (χ0) is 22.3. The molecule has 1 aromatic rings. The number of nitro groups is 1. The van der Waals surface area contributed by atoms with Crippen molar-refractivity contribution in [2.75, 3.05) is 37.6 Å². The van der Waals surface area contributed by atoms with Crippen LogP contribution < -0.4 is 10.2 Å². The van der Waals surface area contributed by atoms with Gasteiger partial charge in [0.1, 0.15) is 0 Å². The highest BCUT2D eigenvalue weighted by Crippen LogP contribution is 2.61. The predicted molar refractivity (Wildman–Crippen MR) is 120 cm³/mol. The average molecular weight is 441 g/mol. The van der Waals surface area contributed by atoms with Crippen molar-refractivity contribution >= 4 is 23.2 Å². The molecule has 5 fully saturated rings. The highest BCUT2D eigenvalue weighted by Gasteiger charge is 2.51. The molecule has 0 aromatic heterocycles. The number of benzene rings is 1. The maximum Gasteiger partial charge on any atom is 0.269 e. The molecule has 2 amide bonds. The van der Waals surface area contributed by atoms with Crippen LogP contribution in [0.1, 0.15) is 44.9 Å². The Kier molecular flexibility index (Phi) is 5.55. The molecule has 0 atom stereocenters. The minimum atomic E-state index is -0.405. The minimum Gasteiger partial charge on any atom is -0.368 e. The van der Waals surface area contributed by atoms with E-state index in [1.54, 1.807) is 17.0 Å². The third-order valence-corrected chi connectivity index (χ3v) is 8.20. The number of nitrogens with one attached hydrogen (secondary N) is 1. The van der Waals surface area contributed by atoms with Crippen molar-refractivity contribution in [3.05, 3.63) is 34.4 Å². The molecule has 1 heterocycles. The first kappa shape index (κ1) is 21.2. The summed E-state index contributed by atoms with van der Waals surface area (Å²) in [4.78, 5) is 39.7. The van der Waals surface area contributed by atoms with E-state index >= 15 is 0 Å². The number of nitrogens with zero attached hydrogens (tertiary/aromatic N) is 3. The van der Waals surface area contributed by atoms with Crippen LogP contribution in [0.15, 0.2) is 24.3 Å². The molecule has 0 spiro atoms. The van der Waals surface area contributed by atoms with Crippen LogP contribution in [0.2, 0.25) is 0 Å². The summed E-state index contributed by atoms with van der Waals surface area (Å²) in [5, 5.41) is 13.7. The van der Waals surface area contributed by atoms with Crippen LogP contribution in [0.4, 0.5) is 11.4 Å². The normalized spacial score (nSPS) is 30.9. The lowest BCUT2D eigenvalue weighted by Gasteiger charge is -2.56. The van der Waals surface area contributed by atoms with Gasteiger partial charge in [-0.2, -0.15) is 0 Å². The highest BCUT2D eigenvalue weighted by molar-refractivity contribution is 5.85. The Morgan fingerprint density at radius 3 is 2.06 bits per heavy atom. The lowest BCUT2D eigenvalue weighted by Crippen LogP contribution is -2.52. The third-order valence-electron chi connectivity index (χ3n) is 8.20. The number of nitro benzene ring substituents is 1. The number of rotatable bonds is 6. The van der Waals surface area contributed by atoms with Gasteiger partial charge < -0.3 is 15.1 Å². The summed E-state index contributed by atoms with van der Waals surface area (Å²) in [5.41, 5.74) is 1.19. The lowest BCUT2D eigenvalue weighted by atomic mass is 9.49. The van der Waals surface area contributed by atoms with Gasteiger partial charge in [-0.05, 0) is 73.8 Å². The van der Waals surface area contributed by atoms with Crippen LogP contribution in [-0.2, 0) is 9.59 Å². The third kappa shape index (κ3) is 4.32. The molecule has 5 aliphatic rings. The van der Waals surface area contributed by atoms with E-state index in [0.29, 0.717) is 32.6 Å². The number of amides is 2. The smallest absolute Gasteiger partial charge is 0.269 e. The molecule has 0 radical (unpaired) electrons. The molecule has 0 unspecified atom stereocenters. The second-order valence-electron chi connectivity index (χ2n) is 10.5. The quantitative estimate of drug-likeness (QED) is 0.542. The zero-order valence-corrected chi connectivity index (χ0v) is 18.5. The SMILES string of the molecule is O=C(CC12CC3CC(CC(C3)C1)C2)NCC(=O)N1CCN(c2ccc([N+](=O)[O-])cc2)CC1. The molecule has 6 rings (SSSR count). The Labute approximate surface area is 188 Å². The molecule has 4 aliphatic carbocycles. The van der Waals surface area contributed by atoms with Crippen molar-refractivity contribution in [2.24, 2.45) is 23.2 Å². The second-order valence-corrected chi connectivity index (χ2v) is 10.5. The Hall–Kier alpha value is -2.64. The molecular formula is C24H32N4O4. The topological polar surface area (TPSA) is 95.8 Å². The van der Waals surface area contributed by atoms with Crippen LogP contribution in [0, 0.1) is 33.3 Å². The first-order valence-electron chi connectivity index (χ1n) is 11.9. The maximum absolute atomic E-state index is 12.7. The van der Waals surface area contributed by atoms with Gasteiger partial charge in [-0.1, -0.05) is 0 Å². The van der Waals surface area contributed by atoms with Gasteiger partial charge in [0.05, 0.1) is 11.5 Å². The van der Waals surface area contributed by atoms with Crippen molar-refractivity contribution in [3.63, 3.8) is 0 Å². The molecule has 32 heavy (non-hydrogen) atoms. The van der Waals surface area contributed by atoms with E-state index in [4.69, 9.17) is 0 Å². The Balaban J connectivity index is 1.07. The van der Waals surface area contributed by atoms with Crippen molar-refractivity contribution in [3.8, 4) is 0 Å². The Morgan fingerprint density at radius 1 is 0.969 bits per heavy atom. The van der Waals surface area contributed by atoms with E-state index in [0.717, 1.165) is 23.4 Å². The van der Waals surface area contributed by atoms with Gasteiger partial charge >= 0.3 is 0 Å². The zero-order valence-electron chi connectivity index (χ0n) is 18.5. The number of non-ortho nitro benzene ring substituents is 1. The minimum absolute atomic E-state index is 0.0322. The van der Waals surface area contributed by atoms with Crippen molar-refractivity contribution in [1.29, 1.82) is 0 Å². The van der Waals surface area contributed by atoms with Crippen molar-refractivity contribution in [1.82, 2.24) is 10.2 Å². The molecular weight excluding hydrogens is 408 g/mol. The predicted octanol–water partition coefficient (Wildman–Crippen LogP) is 2.97. The van der Waals surface area contributed by atoms with E-state index in [1.165, 1.54) is 50.7 Å². The summed E-state index contributed by atoms with van der Waals surface area (Å²) in [5.74, 6) is 2.46. The highest BCUT2D eigenvalue weighted by atomic mass is 16.6. The molecule has 1 aliphatic heterocycles. The van der Waals surface area contributed by atoms with Gasteiger partial charge in [-0.25, -0.2) is 0 Å². The number of hydrogen-bond donors (Lipinski definition) is 1. The fourth-order valence-corrected chi connectivity index (χ4v) is 7.19. The van der Waals surface area contributed by atoms with E-state index in [9.17, 15) is 19.7 Å². The lowest BCUT2D eigenvalue weighted by molar-refractivity contribution is -0.384. The molecule has 4 bridgehead atoms. The summed E-state index contributed by atoms with van der Waals surface area (Å²) < 4.78 is 0. The van der Waals surface area contributed by atoms with Gasteiger partial charge in [0.2, 0.25) is 11.8 Å². The summed E-state index contributed by atoms with van der Waals surface area (Å²) in [7, 11) is 0. The number of carbonyl (C=O) groups excluding carboxylic acids is 2. The van der Waals surface area contributed by atoms with Crippen LogP contribution in [-0.4, -0.2) is 54.4 Å². The summed E-state index contributed by atoms with van der Waals surface area (Å²) in [6.07, 6.45) is 8.28. The summed E-state index contributed by atoms with van der Waals surface area (Å²) in [6.45, 7) is 2.58. The average Bonchev–Trinajstić information content (AvgIpc) is 2.76. The van der Waals surface area contributed by atoms with Crippen LogP contribution in [0.25, 0.3) is 0 Å². The maximum atomic E-state index is 12.7. The van der Waals surface area contributed by atoms with Crippen molar-refractivity contribution < 1.29 is 14.5 Å². The van der Waals surface area contributed by atoms with Gasteiger partial charge in [0.15, 0.2) is 0 Å². The van der Waals surface area contributed by atoms with Crippen molar-refractivity contribution in [2.45, 2.75) is 44.9 Å². The van der Waals surface area contributed by atoms with Crippen LogP contribution in [0.5, 0.6) is 0 Å². The number of piperazine rings is 1. The largest absolute Gasteiger partial charge is 0.368 e. The van der Waals surface area contributed by atoms with Gasteiger partial charge in [0, 0.05) is 50.4 Å². The Morgan fingerprint density at radius 2 is 1.53 bits per heavy atom. The fourth-order valence-electron chi connectivity index (χ4n) is 7.19. The first-order valence-corrected chi connectivity index (χ1v) is 11.9. The molecule has 8 heteroatoms. The molecule has 1 aromatic carbocycles. The van der Waals surface area contributed by atoms with E-state index in [-0.39, 0.29) is 29.5 Å². The standard InChI is InChI=1S/C24H32N4O4/c29-22(15-24-12-17-9-18(13-24)11-19(10-17)14-24)25-16-23(30)27-7-5-26(6-8-27)20-1-3-21(4-2-20)28(31)32/h1-4,17-19H,5-16H2,(H,25,29). The second kappa shape index (κ2) is 8.37. The van der Waals surface area contributed by atoms with E-state index in [1.807, 2.05) is 0 Å². The molecule has 172 valence electrons. The number of hydrogen-bond acceptors (Lipinski definition) is 5. The van der Waals surface area contributed by atoms with E-state index in [2.05, 4.69) is 10.2 Å². The molecule has 1 saturated heterocycles. The summed E-state index contributed by atoms with van der Waals surface area (Å²) in [6, 6.07) is 6.51. The van der Waals surface area contributed by atoms with Gasteiger partial charge in [0.25, 0.3) is 5.69 Å². The number of carbonyl (C=O) groups is 2. The van der Waals surface area contributed by atoms with Crippen LogP contribution in [0.3, 0.4) is 0 Å². The molecule has 1 N–H and O–H groups in total. The van der Waals surface area contributed by atoms with E-state index < -0.39 is 4.92 Å². The van der Waals surface area contributed by atoms with Gasteiger partial charge in [-0.15, -0.1) is 0 Å². The number of anilines is 1. The van der Waals surface area contributed by atoms with Gasteiger partial charge in [-0.3, -0.25) is 19.7 Å². The summed E-state index contributed by atoms with van der Waals surface area (Å²) >= 11 is 0. The Bertz CT molecular complexity index is 856. The molecule has 8 nitrogen and oxygen atoms in total. The van der Waals surface area contributed by atoms with Crippen LogP contribution >= 0.6 is 0 Å². The monoisotopic (exact) mass is 440 g/mol. The fraction of sp³-hybridized carbons (Fsp3) is 0.667. The molecule has 4 saturated carbocycles. The first-order chi connectivity index (χ1) is 15.4.